The van der Waals surface area contributed by atoms with Crippen molar-refractivity contribution in [1.29, 1.82) is 0 Å². The first-order chi connectivity index (χ1) is 11.6. The van der Waals surface area contributed by atoms with E-state index in [4.69, 9.17) is 16.3 Å². The molecule has 0 unspecified atom stereocenters. The summed E-state index contributed by atoms with van der Waals surface area (Å²) < 4.78 is 31.2. The minimum Gasteiger partial charge on any atom is -0.495 e. The first-order valence-corrected chi connectivity index (χ1v) is 9.67. The monoisotopic (exact) mass is 382 g/mol. The van der Waals surface area contributed by atoms with Crippen molar-refractivity contribution in [2.24, 2.45) is 0 Å². The molecule has 0 fully saturated rings. The van der Waals surface area contributed by atoms with Gasteiger partial charge in [0, 0.05) is 17.9 Å². The van der Waals surface area contributed by atoms with Gasteiger partial charge in [-0.1, -0.05) is 23.7 Å². The fraction of sp³-hybridized carbons (Fsp3) is 0.333. The van der Waals surface area contributed by atoms with E-state index in [2.05, 4.69) is 10.0 Å². The van der Waals surface area contributed by atoms with Crippen LogP contribution in [0.2, 0.25) is 5.02 Å². The van der Waals surface area contributed by atoms with Crippen LogP contribution >= 0.6 is 11.6 Å². The van der Waals surface area contributed by atoms with Crippen LogP contribution in [0.5, 0.6) is 5.75 Å². The highest BCUT2D eigenvalue weighted by Crippen LogP contribution is 2.27. The van der Waals surface area contributed by atoms with E-state index in [1.54, 1.807) is 52.1 Å². The number of sulfonamides is 1. The van der Waals surface area contributed by atoms with Gasteiger partial charge in [0.1, 0.15) is 5.75 Å². The lowest BCUT2D eigenvalue weighted by Gasteiger charge is -2.20. The lowest BCUT2D eigenvalue weighted by Crippen LogP contribution is -2.33. The number of halogens is 1. The zero-order chi connectivity index (χ0) is 18.7. The highest BCUT2D eigenvalue weighted by atomic mass is 35.5. The fourth-order valence-electron chi connectivity index (χ4n) is 1.98. The zero-order valence-electron chi connectivity index (χ0n) is 14.8. The van der Waals surface area contributed by atoms with Gasteiger partial charge in [0.15, 0.2) is 0 Å². The quantitative estimate of drug-likeness (QED) is 0.771. The molecule has 2 N–H and O–H groups in total. The number of hydrogen-bond donors (Lipinski definition) is 2. The molecule has 0 aromatic heterocycles. The van der Waals surface area contributed by atoms with Crippen LogP contribution in [0, 0.1) is 0 Å². The number of methoxy groups -OCH3 is 1. The Labute approximate surface area is 154 Å². The molecule has 2 aromatic rings. The molecule has 0 radical (unpaired) electrons. The smallest absolute Gasteiger partial charge is 0.237 e. The molecule has 0 aliphatic rings. The van der Waals surface area contributed by atoms with Gasteiger partial charge in [0.25, 0.3) is 0 Å². The van der Waals surface area contributed by atoms with Crippen LogP contribution in [0.1, 0.15) is 26.3 Å². The summed E-state index contributed by atoms with van der Waals surface area (Å²) >= 11 is 6.10. The largest absolute Gasteiger partial charge is 0.495 e. The number of benzene rings is 2. The normalized spacial score (nSPS) is 11.9. The second-order valence-electron chi connectivity index (χ2n) is 6.62. The molecule has 0 saturated carbocycles. The van der Waals surface area contributed by atoms with E-state index in [-0.39, 0.29) is 0 Å². The number of hydrogen-bond acceptors (Lipinski definition) is 4. The molecular weight excluding hydrogens is 360 g/mol. The lowest BCUT2D eigenvalue weighted by molar-refractivity contribution is 0.415. The summed E-state index contributed by atoms with van der Waals surface area (Å²) in [5, 5.41) is 3.81. The molecule has 0 heterocycles. The van der Waals surface area contributed by atoms with Gasteiger partial charge in [-0.2, -0.15) is 0 Å². The van der Waals surface area contributed by atoms with Gasteiger partial charge in [-0.3, -0.25) is 4.72 Å². The van der Waals surface area contributed by atoms with Crippen molar-refractivity contribution >= 4 is 33.0 Å². The van der Waals surface area contributed by atoms with Gasteiger partial charge in [-0.25, -0.2) is 8.42 Å². The maximum atomic E-state index is 12.2. The molecule has 0 atom stereocenters. The summed E-state index contributed by atoms with van der Waals surface area (Å²) in [6.07, 6.45) is 0. The second-order valence-corrected chi connectivity index (χ2v) is 9.46. The molecule has 0 aliphatic heterocycles. The van der Waals surface area contributed by atoms with Crippen molar-refractivity contribution in [3.8, 4) is 5.75 Å². The Morgan fingerprint density at radius 3 is 2.16 bits per heavy atom. The van der Waals surface area contributed by atoms with Crippen LogP contribution in [0.4, 0.5) is 11.4 Å². The highest BCUT2D eigenvalue weighted by molar-refractivity contribution is 7.94. The van der Waals surface area contributed by atoms with E-state index >= 15 is 0 Å². The summed E-state index contributed by atoms with van der Waals surface area (Å²) in [6.45, 7) is 5.57. The van der Waals surface area contributed by atoms with Crippen molar-refractivity contribution in [1.82, 2.24) is 0 Å². The van der Waals surface area contributed by atoms with Gasteiger partial charge in [-0.05, 0) is 56.7 Å². The van der Waals surface area contributed by atoms with E-state index in [9.17, 15) is 8.42 Å². The number of nitrogens with one attached hydrogen (secondary N) is 2. The fourth-order valence-corrected chi connectivity index (χ4v) is 2.99. The summed E-state index contributed by atoms with van der Waals surface area (Å²) in [7, 11) is -1.85. The molecule has 25 heavy (non-hydrogen) atoms. The third-order valence-electron chi connectivity index (χ3n) is 3.66. The van der Waals surface area contributed by atoms with Gasteiger partial charge in [0.2, 0.25) is 10.0 Å². The molecular formula is C18H23ClN2O3S. The summed E-state index contributed by atoms with van der Waals surface area (Å²) in [5.74, 6) is 0.628. The topological polar surface area (TPSA) is 67.4 Å². The Balaban J connectivity index is 2.00. The van der Waals surface area contributed by atoms with Crippen molar-refractivity contribution < 1.29 is 13.2 Å². The average molecular weight is 383 g/mol. The molecule has 2 aromatic carbocycles. The molecule has 0 spiro atoms. The molecule has 2 rings (SSSR count). The molecule has 0 aliphatic carbocycles. The maximum absolute atomic E-state index is 12.2. The second kappa shape index (κ2) is 7.54. The highest BCUT2D eigenvalue weighted by Gasteiger charge is 2.28. The van der Waals surface area contributed by atoms with E-state index in [0.29, 0.717) is 23.0 Å². The van der Waals surface area contributed by atoms with Gasteiger partial charge in [-0.15, -0.1) is 0 Å². The molecule has 7 heteroatoms. The molecule has 136 valence electrons. The Morgan fingerprint density at radius 2 is 1.64 bits per heavy atom. The van der Waals surface area contributed by atoms with Gasteiger partial charge in [0.05, 0.1) is 16.9 Å². The number of anilines is 2. The van der Waals surface area contributed by atoms with Crippen LogP contribution in [-0.4, -0.2) is 20.3 Å². The molecule has 0 saturated heterocycles. The molecule has 0 bridgehead atoms. The number of ether oxygens (including phenoxy) is 1. The van der Waals surface area contributed by atoms with E-state index in [1.807, 2.05) is 18.2 Å². The van der Waals surface area contributed by atoms with Gasteiger partial charge < -0.3 is 10.1 Å². The third kappa shape index (κ3) is 5.03. The van der Waals surface area contributed by atoms with Crippen LogP contribution in [0.3, 0.4) is 0 Å². The van der Waals surface area contributed by atoms with Crippen LogP contribution in [0.25, 0.3) is 0 Å². The standard InChI is InChI=1S/C18H23ClN2O3S/c1-18(2,3)25(22,23)21-14-7-5-13(6-8-14)12-20-15-9-10-17(24-4)16(19)11-15/h5-11,20-21H,12H2,1-4H3. The predicted molar refractivity (Wildman–Crippen MR) is 104 cm³/mol. The minimum atomic E-state index is -3.42. The maximum Gasteiger partial charge on any atom is 0.237 e. The van der Waals surface area contributed by atoms with E-state index in [0.717, 1.165) is 11.3 Å². The SMILES string of the molecule is COc1ccc(NCc2ccc(NS(=O)(=O)C(C)(C)C)cc2)cc1Cl. The van der Waals surface area contributed by atoms with Crippen molar-refractivity contribution in [3.63, 3.8) is 0 Å². The van der Waals surface area contributed by atoms with E-state index < -0.39 is 14.8 Å². The Kier molecular flexibility index (Phi) is 5.85. The van der Waals surface area contributed by atoms with Crippen LogP contribution < -0.4 is 14.8 Å². The summed E-state index contributed by atoms with van der Waals surface area (Å²) in [4.78, 5) is 0. The molecule has 5 nitrogen and oxygen atoms in total. The summed E-state index contributed by atoms with van der Waals surface area (Å²) in [6, 6.07) is 12.7. The molecule has 0 amide bonds. The van der Waals surface area contributed by atoms with Gasteiger partial charge >= 0.3 is 0 Å². The Hall–Kier alpha value is -1.92. The average Bonchev–Trinajstić information content (AvgIpc) is 2.53. The van der Waals surface area contributed by atoms with Crippen molar-refractivity contribution in [2.75, 3.05) is 17.1 Å². The lowest BCUT2D eigenvalue weighted by atomic mass is 10.2. The first kappa shape index (κ1) is 19.4. The van der Waals surface area contributed by atoms with Crippen LogP contribution in [-0.2, 0) is 16.6 Å². The minimum absolute atomic E-state index is 0.541. The van der Waals surface area contributed by atoms with Crippen molar-refractivity contribution in [2.45, 2.75) is 32.1 Å². The third-order valence-corrected chi connectivity index (χ3v) is 6.07. The Morgan fingerprint density at radius 1 is 1.04 bits per heavy atom. The van der Waals surface area contributed by atoms with Crippen LogP contribution in [0.15, 0.2) is 42.5 Å². The zero-order valence-corrected chi connectivity index (χ0v) is 16.3. The van der Waals surface area contributed by atoms with Crippen molar-refractivity contribution in [3.05, 3.63) is 53.1 Å². The Bertz CT molecular complexity index is 828. The van der Waals surface area contributed by atoms with E-state index in [1.165, 1.54) is 0 Å². The number of rotatable bonds is 6. The summed E-state index contributed by atoms with van der Waals surface area (Å²) in [5.41, 5.74) is 2.44. The first-order valence-electron chi connectivity index (χ1n) is 7.81. The predicted octanol–water partition coefficient (Wildman–Crippen LogP) is 4.50.